The summed E-state index contributed by atoms with van der Waals surface area (Å²) in [5, 5.41) is 13.3. The molecule has 1 fully saturated rings. The first-order chi connectivity index (χ1) is 7.06. The van der Waals surface area contributed by atoms with Crippen LogP contribution >= 0.6 is 0 Å². The minimum absolute atomic E-state index is 0.436. The molecule has 0 radical (unpaired) electrons. The third-order valence-electron chi connectivity index (χ3n) is 3.02. The fraction of sp³-hybridized carbons (Fsp3) is 0.833. The maximum absolute atomic E-state index is 10.2. The molecule has 0 heterocycles. The van der Waals surface area contributed by atoms with Gasteiger partial charge in [0.15, 0.2) is 0 Å². The number of rotatable bonds is 6. The normalized spacial score (nSPS) is 19.7. The fourth-order valence-corrected chi connectivity index (χ4v) is 2.44. The Bertz CT molecular complexity index is 210. The third-order valence-corrected chi connectivity index (χ3v) is 3.02. The summed E-state index contributed by atoms with van der Waals surface area (Å²) in [5.41, 5.74) is 0.732. The van der Waals surface area contributed by atoms with Crippen LogP contribution in [0.1, 0.15) is 25.7 Å². The molecule has 0 aromatic carbocycles. The lowest BCUT2D eigenvalue weighted by atomic mass is 10.0. The van der Waals surface area contributed by atoms with Gasteiger partial charge in [-0.1, -0.05) is 19.4 Å². The van der Waals surface area contributed by atoms with E-state index in [1.807, 2.05) is 7.05 Å². The molecule has 0 spiro atoms. The highest BCUT2D eigenvalue weighted by atomic mass is 16.3. The van der Waals surface area contributed by atoms with Crippen LogP contribution in [0.15, 0.2) is 12.2 Å². The monoisotopic (exact) mass is 212 g/mol. The number of nitrogens with zero attached hydrogens (tertiary/aromatic N) is 1. The van der Waals surface area contributed by atoms with Crippen molar-refractivity contribution in [2.45, 2.75) is 31.3 Å². The number of likely N-dealkylation sites (N-methyl/N-ethyl adjacent to an activating group) is 2. The van der Waals surface area contributed by atoms with Gasteiger partial charge in [0.25, 0.3) is 0 Å². The highest BCUT2D eigenvalue weighted by Crippen LogP contribution is 2.29. The van der Waals surface area contributed by atoms with Gasteiger partial charge in [-0.05, 0) is 32.5 Å². The lowest BCUT2D eigenvalue weighted by Crippen LogP contribution is -2.40. The minimum Gasteiger partial charge on any atom is -0.389 e. The fourth-order valence-electron chi connectivity index (χ4n) is 2.44. The Morgan fingerprint density at radius 2 is 2.07 bits per heavy atom. The van der Waals surface area contributed by atoms with E-state index in [1.54, 1.807) is 0 Å². The number of aliphatic hydroxyl groups is 1. The molecule has 0 atom stereocenters. The van der Waals surface area contributed by atoms with Gasteiger partial charge in [0.2, 0.25) is 0 Å². The number of hydrogen-bond acceptors (Lipinski definition) is 3. The van der Waals surface area contributed by atoms with Gasteiger partial charge in [0, 0.05) is 19.6 Å². The van der Waals surface area contributed by atoms with Gasteiger partial charge < -0.3 is 10.4 Å². The second-order valence-corrected chi connectivity index (χ2v) is 4.88. The molecule has 0 aliphatic heterocycles. The van der Waals surface area contributed by atoms with Crippen LogP contribution in [0.25, 0.3) is 0 Å². The SMILES string of the molecule is C=C(CNC)CN(C)CC1(O)CCCC1. The van der Waals surface area contributed by atoms with Gasteiger partial charge in [-0.3, -0.25) is 4.90 Å². The topological polar surface area (TPSA) is 35.5 Å². The summed E-state index contributed by atoms with van der Waals surface area (Å²) >= 11 is 0. The van der Waals surface area contributed by atoms with Crippen LogP contribution in [-0.4, -0.2) is 49.3 Å². The van der Waals surface area contributed by atoms with Gasteiger partial charge in [0.1, 0.15) is 0 Å². The largest absolute Gasteiger partial charge is 0.389 e. The first-order valence-corrected chi connectivity index (χ1v) is 5.78. The van der Waals surface area contributed by atoms with E-state index in [1.165, 1.54) is 18.4 Å². The van der Waals surface area contributed by atoms with Crippen molar-refractivity contribution in [3.8, 4) is 0 Å². The summed E-state index contributed by atoms with van der Waals surface area (Å²) in [4.78, 5) is 2.17. The molecule has 0 aromatic rings. The Balaban J connectivity index is 2.28. The molecule has 15 heavy (non-hydrogen) atoms. The van der Waals surface area contributed by atoms with Crippen molar-refractivity contribution in [3.05, 3.63) is 12.2 Å². The highest BCUT2D eigenvalue weighted by molar-refractivity contribution is 5.00. The zero-order valence-electron chi connectivity index (χ0n) is 10.1. The van der Waals surface area contributed by atoms with E-state index in [-0.39, 0.29) is 0 Å². The molecule has 0 aromatic heterocycles. The second kappa shape index (κ2) is 5.64. The van der Waals surface area contributed by atoms with E-state index in [2.05, 4.69) is 23.8 Å². The van der Waals surface area contributed by atoms with Crippen molar-refractivity contribution in [3.63, 3.8) is 0 Å². The lowest BCUT2D eigenvalue weighted by Gasteiger charge is -2.29. The number of nitrogens with one attached hydrogen (secondary N) is 1. The minimum atomic E-state index is -0.436. The molecule has 1 aliphatic carbocycles. The van der Waals surface area contributed by atoms with Gasteiger partial charge in [-0.25, -0.2) is 0 Å². The summed E-state index contributed by atoms with van der Waals surface area (Å²) in [5.74, 6) is 0. The molecule has 1 aliphatic rings. The second-order valence-electron chi connectivity index (χ2n) is 4.88. The predicted molar refractivity (Wildman–Crippen MR) is 64.0 cm³/mol. The zero-order valence-corrected chi connectivity index (χ0v) is 10.1. The summed E-state index contributed by atoms with van der Waals surface area (Å²) < 4.78 is 0. The van der Waals surface area contributed by atoms with Crippen molar-refractivity contribution < 1.29 is 5.11 Å². The summed E-state index contributed by atoms with van der Waals surface area (Å²) in [6.07, 6.45) is 4.25. The molecular weight excluding hydrogens is 188 g/mol. The van der Waals surface area contributed by atoms with Crippen molar-refractivity contribution in [2.75, 3.05) is 33.7 Å². The average Bonchev–Trinajstić information content (AvgIpc) is 2.51. The van der Waals surface area contributed by atoms with Crippen LogP contribution in [0.3, 0.4) is 0 Å². The molecule has 1 rings (SSSR count). The smallest absolute Gasteiger partial charge is 0.0774 e. The first-order valence-electron chi connectivity index (χ1n) is 5.78. The Kier molecular flexibility index (Phi) is 4.77. The van der Waals surface area contributed by atoms with Crippen LogP contribution in [0.5, 0.6) is 0 Å². The summed E-state index contributed by atoms with van der Waals surface area (Å²) in [7, 11) is 3.98. The quantitative estimate of drug-likeness (QED) is 0.645. The maximum atomic E-state index is 10.2. The maximum Gasteiger partial charge on any atom is 0.0774 e. The zero-order chi connectivity index (χ0) is 11.3. The van der Waals surface area contributed by atoms with Crippen LogP contribution in [0.4, 0.5) is 0 Å². The number of hydrogen-bond donors (Lipinski definition) is 2. The van der Waals surface area contributed by atoms with Crippen molar-refractivity contribution >= 4 is 0 Å². The van der Waals surface area contributed by atoms with Crippen LogP contribution in [0.2, 0.25) is 0 Å². The summed E-state index contributed by atoms with van der Waals surface area (Å²) in [6, 6.07) is 0. The molecular formula is C12H24N2O. The Labute approximate surface area is 93.2 Å². The van der Waals surface area contributed by atoms with E-state index in [0.29, 0.717) is 0 Å². The molecule has 0 bridgehead atoms. The van der Waals surface area contributed by atoms with Crippen molar-refractivity contribution in [1.82, 2.24) is 10.2 Å². The van der Waals surface area contributed by atoms with Crippen LogP contribution in [0, 0.1) is 0 Å². The van der Waals surface area contributed by atoms with Crippen molar-refractivity contribution in [1.29, 1.82) is 0 Å². The predicted octanol–water partition coefficient (Wildman–Crippen LogP) is 0.999. The highest BCUT2D eigenvalue weighted by Gasteiger charge is 2.31. The van der Waals surface area contributed by atoms with E-state index in [0.717, 1.165) is 32.5 Å². The molecule has 0 unspecified atom stereocenters. The van der Waals surface area contributed by atoms with Gasteiger partial charge >= 0.3 is 0 Å². The molecule has 0 saturated heterocycles. The molecule has 1 saturated carbocycles. The summed E-state index contributed by atoms with van der Waals surface area (Å²) in [6.45, 7) is 6.48. The van der Waals surface area contributed by atoms with E-state index in [4.69, 9.17) is 0 Å². The molecule has 3 nitrogen and oxygen atoms in total. The molecule has 88 valence electrons. The Hall–Kier alpha value is -0.380. The van der Waals surface area contributed by atoms with Crippen LogP contribution in [-0.2, 0) is 0 Å². The lowest BCUT2D eigenvalue weighted by molar-refractivity contribution is 0.0185. The Morgan fingerprint density at radius 1 is 1.47 bits per heavy atom. The van der Waals surface area contributed by atoms with E-state index < -0.39 is 5.60 Å². The van der Waals surface area contributed by atoms with Crippen LogP contribution < -0.4 is 5.32 Å². The van der Waals surface area contributed by atoms with Crippen molar-refractivity contribution in [2.24, 2.45) is 0 Å². The molecule has 2 N–H and O–H groups in total. The average molecular weight is 212 g/mol. The standard InChI is InChI=1S/C12H24N2O/c1-11(8-13-2)9-14(3)10-12(15)6-4-5-7-12/h13,15H,1,4-10H2,2-3H3. The molecule has 0 amide bonds. The van der Waals surface area contributed by atoms with Gasteiger partial charge in [-0.2, -0.15) is 0 Å². The molecule has 3 heteroatoms. The van der Waals surface area contributed by atoms with E-state index >= 15 is 0 Å². The van der Waals surface area contributed by atoms with Gasteiger partial charge in [0.05, 0.1) is 5.60 Å². The van der Waals surface area contributed by atoms with E-state index in [9.17, 15) is 5.11 Å². The third kappa shape index (κ3) is 4.33. The Morgan fingerprint density at radius 3 is 2.60 bits per heavy atom. The first kappa shape index (κ1) is 12.7. The van der Waals surface area contributed by atoms with Gasteiger partial charge in [-0.15, -0.1) is 0 Å².